The number of benzene rings is 2. The number of carbonyl (C=O) groups is 2. The van der Waals surface area contributed by atoms with Crippen molar-refractivity contribution in [2.45, 2.75) is 13.8 Å². The molecule has 6 heteroatoms. The highest BCUT2D eigenvalue weighted by Gasteiger charge is 2.37. The number of hydrogen-bond acceptors (Lipinski definition) is 5. The number of rotatable bonds is 6. The number of nitrogens with zero attached hydrogens (tertiary/aromatic N) is 2. The molecule has 3 rings (SSSR count). The van der Waals surface area contributed by atoms with Crippen LogP contribution in [-0.4, -0.2) is 44.0 Å². The molecule has 2 aromatic rings. The number of anilines is 1. The Morgan fingerprint density at radius 3 is 2.21 bits per heavy atom. The molecule has 1 aliphatic heterocycles. The van der Waals surface area contributed by atoms with Gasteiger partial charge < -0.3 is 14.4 Å². The molecule has 0 radical (unpaired) electrons. The topological polar surface area (TPSA) is 59.1 Å². The fraction of sp³-hybridized carbons (Fsp3) is 0.273. The van der Waals surface area contributed by atoms with Crippen LogP contribution >= 0.6 is 0 Å². The molecule has 0 atom stereocenters. The molecule has 0 bridgehead atoms. The third-order valence-electron chi connectivity index (χ3n) is 4.84. The molecule has 1 aliphatic rings. The van der Waals surface area contributed by atoms with E-state index in [0.717, 1.165) is 13.1 Å². The van der Waals surface area contributed by atoms with Crippen molar-refractivity contribution in [3.05, 3.63) is 59.8 Å². The Morgan fingerprint density at radius 1 is 0.929 bits per heavy atom. The molecule has 2 aromatic carbocycles. The molecule has 0 N–H and O–H groups in total. The fourth-order valence-corrected chi connectivity index (χ4v) is 3.25. The van der Waals surface area contributed by atoms with Crippen molar-refractivity contribution in [3.8, 4) is 11.5 Å². The normalized spacial score (nSPS) is 14.9. The van der Waals surface area contributed by atoms with E-state index in [2.05, 4.69) is 0 Å². The van der Waals surface area contributed by atoms with E-state index in [9.17, 15) is 9.59 Å². The Balaban J connectivity index is 2.19. The maximum absolute atomic E-state index is 13.4. The minimum atomic E-state index is -0.376. The number of imide groups is 1. The van der Waals surface area contributed by atoms with Crippen molar-refractivity contribution in [2.24, 2.45) is 0 Å². The summed E-state index contributed by atoms with van der Waals surface area (Å²) in [4.78, 5) is 29.8. The standard InChI is InChI=1S/C22H24N2O4/c1-5-23(6-2)14-18-16-9-7-8-10-17(16)21(25)24(22(18)26)19-12-11-15(27-3)13-20(19)28-4/h7-14H,5-6H2,1-4H3/b18-14-. The molecule has 0 spiro atoms. The maximum Gasteiger partial charge on any atom is 0.267 e. The zero-order chi connectivity index (χ0) is 20.3. The summed E-state index contributed by atoms with van der Waals surface area (Å²) in [6.45, 7) is 5.56. The zero-order valence-electron chi connectivity index (χ0n) is 16.6. The molecule has 0 aromatic heterocycles. The maximum atomic E-state index is 13.4. The van der Waals surface area contributed by atoms with Crippen LogP contribution in [0.25, 0.3) is 5.57 Å². The first kappa shape index (κ1) is 19.5. The average molecular weight is 380 g/mol. The van der Waals surface area contributed by atoms with Crippen LogP contribution in [0, 0.1) is 0 Å². The van der Waals surface area contributed by atoms with E-state index in [1.807, 2.05) is 37.1 Å². The lowest BCUT2D eigenvalue weighted by Crippen LogP contribution is -2.42. The summed E-state index contributed by atoms with van der Waals surface area (Å²) in [5.74, 6) is 0.222. The Labute approximate surface area is 165 Å². The number of hydrogen-bond donors (Lipinski definition) is 0. The summed E-state index contributed by atoms with van der Waals surface area (Å²) in [5.41, 5.74) is 2.00. The number of methoxy groups -OCH3 is 2. The molecule has 146 valence electrons. The fourth-order valence-electron chi connectivity index (χ4n) is 3.25. The Hall–Kier alpha value is -3.28. The van der Waals surface area contributed by atoms with Crippen LogP contribution in [0.15, 0.2) is 48.7 Å². The van der Waals surface area contributed by atoms with Crippen LogP contribution in [0.1, 0.15) is 29.8 Å². The lowest BCUT2D eigenvalue weighted by Gasteiger charge is -2.30. The van der Waals surface area contributed by atoms with E-state index in [1.165, 1.54) is 12.0 Å². The summed E-state index contributed by atoms with van der Waals surface area (Å²) in [6, 6.07) is 12.2. The van der Waals surface area contributed by atoms with Gasteiger partial charge in [0, 0.05) is 36.5 Å². The summed E-state index contributed by atoms with van der Waals surface area (Å²) in [5, 5.41) is 0. The van der Waals surface area contributed by atoms with Gasteiger partial charge in [0.2, 0.25) is 0 Å². The second-order valence-corrected chi connectivity index (χ2v) is 6.29. The van der Waals surface area contributed by atoms with Gasteiger partial charge in [-0.1, -0.05) is 18.2 Å². The molecular formula is C22H24N2O4. The monoisotopic (exact) mass is 380 g/mol. The molecule has 0 saturated heterocycles. The van der Waals surface area contributed by atoms with Gasteiger partial charge in [0.15, 0.2) is 0 Å². The first-order chi connectivity index (χ1) is 13.5. The number of amides is 2. The second kappa shape index (κ2) is 8.17. The smallest absolute Gasteiger partial charge is 0.267 e. The minimum Gasteiger partial charge on any atom is -0.497 e. The zero-order valence-corrected chi connectivity index (χ0v) is 16.6. The highest BCUT2D eigenvalue weighted by atomic mass is 16.5. The molecule has 0 aliphatic carbocycles. The van der Waals surface area contributed by atoms with E-state index >= 15 is 0 Å². The van der Waals surface area contributed by atoms with Gasteiger partial charge in [-0.25, -0.2) is 4.90 Å². The Kier molecular flexibility index (Phi) is 5.68. The predicted octanol–water partition coefficient (Wildman–Crippen LogP) is 3.57. The van der Waals surface area contributed by atoms with Crippen molar-refractivity contribution < 1.29 is 19.1 Å². The summed E-state index contributed by atoms with van der Waals surface area (Å²) < 4.78 is 10.7. The van der Waals surface area contributed by atoms with Gasteiger partial charge in [-0.3, -0.25) is 9.59 Å². The lowest BCUT2D eigenvalue weighted by atomic mass is 9.93. The van der Waals surface area contributed by atoms with Crippen LogP contribution in [0.3, 0.4) is 0 Å². The highest BCUT2D eigenvalue weighted by Crippen LogP contribution is 2.38. The average Bonchev–Trinajstić information content (AvgIpc) is 2.74. The van der Waals surface area contributed by atoms with Crippen LogP contribution < -0.4 is 14.4 Å². The van der Waals surface area contributed by atoms with Crippen LogP contribution in [-0.2, 0) is 4.79 Å². The summed E-state index contributed by atoms with van der Waals surface area (Å²) >= 11 is 0. The molecule has 0 fully saturated rings. The van der Waals surface area contributed by atoms with Gasteiger partial charge in [-0.05, 0) is 32.0 Å². The van der Waals surface area contributed by atoms with Crippen molar-refractivity contribution in [2.75, 3.05) is 32.2 Å². The van der Waals surface area contributed by atoms with Gasteiger partial charge in [-0.2, -0.15) is 0 Å². The first-order valence-corrected chi connectivity index (χ1v) is 9.21. The van der Waals surface area contributed by atoms with Crippen molar-refractivity contribution in [1.29, 1.82) is 0 Å². The van der Waals surface area contributed by atoms with Gasteiger partial charge >= 0.3 is 0 Å². The molecule has 2 amide bonds. The first-order valence-electron chi connectivity index (χ1n) is 9.21. The number of ether oxygens (including phenoxy) is 2. The molecule has 1 heterocycles. The van der Waals surface area contributed by atoms with Gasteiger partial charge in [0.25, 0.3) is 11.8 Å². The summed E-state index contributed by atoms with van der Waals surface area (Å²) in [6.07, 6.45) is 1.83. The second-order valence-electron chi connectivity index (χ2n) is 6.29. The number of fused-ring (bicyclic) bond motifs is 1. The van der Waals surface area contributed by atoms with Crippen LogP contribution in [0.5, 0.6) is 11.5 Å². The molecule has 0 saturated carbocycles. The van der Waals surface area contributed by atoms with E-state index < -0.39 is 0 Å². The minimum absolute atomic E-state index is 0.374. The highest BCUT2D eigenvalue weighted by molar-refractivity contribution is 6.41. The quantitative estimate of drug-likeness (QED) is 0.566. The largest absolute Gasteiger partial charge is 0.497 e. The Bertz CT molecular complexity index is 932. The summed E-state index contributed by atoms with van der Waals surface area (Å²) in [7, 11) is 3.05. The van der Waals surface area contributed by atoms with Gasteiger partial charge in [0.1, 0.15) is 11.5 Å². The molecular weight excluding hydrogens is 356 g/mol. The SMILES string of the molecule is CCN(/C=C1\C(=O)N(c2ccc(OC)cc2OC)C(=O)c2ccccc21)CC. The van der Waals surface area contributed by atoms with Crippen molar-refractivity contribution in [1.82, 2.24) is 4.90 Å². The van der Waals surface area contributed by atoms with Crippen LogP contribution in [0.2, 0.25) is 0 Å². The van der Waals surface area contributed by atoms with E-state index in [4.69, 9.17) is 9.47 Å². The van der Waals surface area contributed by atoms with Gasteiger partial charge in [-0.15, -0.1) is 0 Å². The lowest BCUT2D eigenvalue weighted by molar-refractivity contribution is -0.112. The third-order valence-corrected chi connectivity index (χ3v) is 4.84. The van der Waals surface area contributed by atoms with E-state index in [-0.39, 0.29) is 11.8 Å². The van der Waals surface area contributed by atoms with Crippen LogP contribution in [0.4, 0.5) is 5.69 Å². The predicted molar refractivity (Wildman–Crippen MR) is 109 cm³/mol. The van der Waals surface area contributed by atoms with Crippen molar-refractivity contribution >= 4 is 23.1 Å². The van der Waals surface area contributed by atoms with Crippen molar-refractivity contribution in [3.63, 3.8) is 0 Å². The van der Waals surface area contributed by atoms with E-state index in [0.29, 0.717) is 33.9 Å². The van der Waals surface area contributed by atoms with Gasteiger partial charge in [0.05, 0.1) is 25.5 Å². The molecule has 28 heavy (non-hydrogen) atoms. The Morgan fingerprint density at radius 2 is 1.61 bits per heavy atom. The van der Waals surface area contributed by atoms with E-state index in [1.54, 1.807) is 37.4 Å². The molecule has 6 nitrogen and oxygen atoms in total. The number of carbonyl (C=O) groups excluding carboxylic acids is 2. The third kappa shape index (κ3) is 3.33. The molecule has 0 unspecified atom stereocenters.